The van der Waals surface area contributed by atoms with Crippen molar-refractivity contribution in [2.45, 2.75) is 296 Å². The zero-order valence-electron chi connectivity index (χ0n) is 57.9. The van der Waals surface area contributed by atoms with Crippen molar-refractivity contribution in [1.29, 1.82) is 0 Å². The van der Waals surface area contributed by atoms with Gasteiger partial charge in [0.05, 0.1) is 26.4 Å². The van der Waals surface area contributed by atoms with E-state index in [1.54, 1.807) is 0 Å². The first kappa shape index (κ1) is 89.0. The summed E-state index contributed by atoms with van der Waals surface area (Å²) in [5, 5.41) is 20.6. The second-order valence-corrected chi connectivity index (χ2v) is 26.6. The first-order chi connectivity index (χ1) is 45.2. The fourth-order valence-corrected chi connectivity index (χ4v) is 10.8. The molecule has 0 fully saturated rings. The molecule has 16 nitrogen and oxygen atoms in total. The number of rotatable bonds is 67. The first-order valence-corrected chi connectivity index (χ1v) is 38.8. The van der Waals surface area contributed by atoms with Crippen molar-refractivity contribution in [3.8, 4) is 0 Å². The average Bonchev–Trinajstić information content (AvgIpc) is 2.44. The number of carbonyl (C=O) groups excluding carboxylic acids is 3. The Bertz CT molecular complexity index is 2180. The van der Waals surface area contributed by atoms with Crippen molar-refractivity contribution in [3.63, 3.8) is 0 Å². The zero-order valence-corrected chi connectivity index (χ0v) is 59.7. The summed E-state index contributed by atoms with van der Waals surface area (Å²) >= 11 is 0. The lowest BCUT2D eigenvalue weighted by Gasteiger charge is -2.21. The molecule has 0 aliphatic heterocycles. The van der Waals surface area contributed by atoms with E-state index in [0.717, 1.165) is 154 Å². The van der Waals surface area contributed by atoms with Crippen molar-refractivity contribution in [1.82, 2.24) is 0 Å². The van der Waals surface area contributed by atoms with E-state index in [1.165, 1.54) is 64.2 Å². The van der Waals surface area contributed by atoms with Crippen LogP contribution in [0.1, 0.15) is 278 Å². The van der Waals surface area contributed by atoms with Crippen LogP contribution in [0.4, 0.5) is 0 Å². The van der Waals surface area contributed by atoms with Crippen LogP contribution in [0.2, 0.25) is 0 Å². The maximum atomic E-state index is 12.9. The number of hydrogen-bond acceptors (Lipinski definition) is 14. The zero-order chi connectivity index (χ0) is 68.1. The summed E-state index contributed by atoms with van der Waals surface area (Å²) in [6.07, 6.45) is 78.2. The Labute approximate surface area is 563 Å². The molecule has 0 heterocycles. The van der Waals surface area contributed by atoms with Crippen LogP contribution >= 0.6 is 15.6 Å². The number of unbranched alkanes of at least 4 members (excludes halogenated alkanes) is 24. The molecule has 0 spiro atoms. The number of carbonyl (C=O) groups is 3. The summed E-state index contributed by atoms with van der Waals surface area (Å²) in [5.41, 5.74) is 0. The van der Waals surface area contributed by atoms with E-state index in [1.807, 2.05) is 0 Å². The lowest BCUT2D eigenvalue weighted by Crippen LogP contribution is -2.30. The molecule has 534 valence electrons. The fourth-order valence-electron chi connectivity index (χ4n) is 9.20. The normalized spacial score (nSPS) is 14.9. The Morgan fingerprint density at radius 2 is 0.570 bits per heavy atom. The highest BCUT2D eigenvalue weighted by Gasteiger charge is 2.29. The van der Waals surface area contributed by atoms with E-state index in [-0.39, 0.29) is 19.3 Å². The molecule has 0 saturated carbocycles. The third kappa shape index (κ3) is 69.1. The third-order valence-corrected chi connectivity index (χ3v) is 16.6. The topological polar surface area (TPSA) is 231 Å². The predicted octanol–water partition coefficient (Wildman–Crippen LogP) is 20.2. The molecule has 0 aromatic carbocycles. The SMILES string of the molecule is CC/C=C\C/C=C\C/C=C\C/C=C\C/C=C\C/C=C\CCCCCCC(=O)OCC(O)COP(=O)(O)OCC(O)COP(=O)(O)OCC(COC(=O)CCCCCCCCC/C=C\C/C=C\C/C=C\C/C=C\CCCCC)OC(=O)CCCCCCCCCCCCC. The standard InChI is InChI=1S/C75H128O16P2/c1-4-7-10-13-16-19-22-24-26-28-30-32-34-36-38-40-42-44-47-49-52-55-58-61-73(78)85-64-70(76)65-87-92(81,82)88-66-71(77)67-89-93(83,84)90-69-72(91-75(80)63-60-57-54-51-46-21-18-15-12-9-6-3)68-86-74(79)62-59-56-53-50-48-45-43-41-39-37-35-33-31-29-27-25-23-20-17-14-11-8-5-2/h7,10,16-17,19-20,24-27,30-33,36-39,42,44,70-72,76-77H,4-6,8-9,11-15,18,21-23,28-29,34-35,40-41,43,45-69H2,1-3H3,(H,81,82)(H,83,84)/b10-7-,19-16-,20-17-,26-24-,27-25-,32-30-,33-31-,38-36-,39-37-,44-42-. The van der Waals surface area contributed by atoms with Gasteiger partial charge in [-0.15, -0.1) is 0 Å². The highest BCUT2D eigenvalue weighted by molar-refractivity contribution is 7.47. The van der Waals surface area contributed by atoms with E-state index >= 15 is 0 Å². The maximum Gasteiger partial charge on any atom is 0.472 e. The largest absolute Gasteiger partial charge is 0.472 e. The molecule has 5 atom stereocenters. The van der Waals surface area contributed by atoms with E-state index < -0.39 is 91.5 Å². The van der Waals surface area contributed by atoms with Gasteiger partial charge in [-0.2, -0.15) is 0 Å². The van der Waals surface area contributed by atoms with Crippen molar-refractivity contribution >= 4 is 33.6 Å². The fraction of sp³-hybridized carbons (Fsp3) is 0.693. The van der Waals surface area contributed by atoms with Crippen molar-refractivity contribution in [2.75, 3.05) is 39.6 Å². The molecule has 0 rings (SSSR count). The van der Waals surface area contributed by atoms with Crippen LogP contribution in [0.5, 0.6) is 0 Å². The van der Waals surface area contributed by atoms with Crippen LogP contribution in [-0.2, 0) is 55.8 Å². The summed E-state index contributed by atoms with van der Waals surface area (Å²) in [7, 11) is -9.79. The molecule has 0 bridgehead atoms. The van der Waals surface area contributed by atoms with E-state index in [0.29, 0.717) is 19.3 Å². The molecule has 0 aromatic heterocycles. The molecular weight excluding hydrogens is 1220 g/mol. The molecule has 18 heteroatoms. The van der Waals surface area contributed by atoms with Crippen LogP contribution in [0.3, 0.4) is 0 Å². The quantitative estimate of drug-likeness (QED) is 0.0146. The predicted molar refractivity (Wildman–Crippen MR) is 380 cm³/mol. The number of phosphoric acid groups is 2. The maximum absolute atomic E-state index is 12.9. The van der Waals surface area contributed by atoms with E-state index in [4.69, 9.17) is 32.3 Å². The van der Waals surface area contributed by atoms with Gasteiger partial charge in [0.15, 0.2) is 6.10 Å². The molecule has 4 N–H and O–H groups in total. The molecule has 5 unspecified atom stereocenters. The lowest BCUT2D eigenvalue weighted by atomic mass is 10.1. The Morgan fingerprint density at radius 3 is 0.925 bits per heavy atom. The lowest BCUT2D eigenvalue weighted by molar-refractivity contribution is -0.161. The number of allylic oxidation sites excluding steroid dienone is 20. The molecular formula is C75H128O16P2. The number of phosphoric ester groups is 2. The minimum atomic E-state index is -4.93. The highest BCUT2D eigenvalue weighted by atomic mass is 31.2. The molecule has 0 radical (unpaired) electrons. The third-order valence-electron chi connectivity index (χ3n) is 14.7. The second kappa shape index (κ2) is 67.9. The van der Waals surface area contributed by atoms with Crippen LogP contribution in [0, 0.1) is 0 Å². The molecule has 0 aliphatic carbocycles. The van der Waals surface area contributed by atoms with Crippen molar-refractivity contribution in [3.05, 3.63) is 122 Å². The molecule has 0 amide bonds. The first-order valence-electron chi connectivity index (χ1n) is 35.8. The smallest absolute Gasteiger partial charge is 0.463 e. The minimum absolute atomic E-state index is 0.102. The number of ether oxygens (including phenoxy) is 3. The van der Waals surface area contributed by atoms with Gasteiger partial charge in [-0.05, 0) is 116 Å². The van der Waals surface area contributed by atoms with Gasteiger partial charge in [0.1, 0.15) is 25.4 Å². The number of esters is 3. The average molecular weight is 1350 g/mol. The summed E-state index contributed by atoms with van der Waals surface area (Å²) in [6.45, 7) is 2.47. The molecule has 0 aliphatic rings. The Kier molecular flexibility index (Phi) is 65.0. The van der Waals surface area contributed by atoms with E-state index in [2.05, 4.69) is 142 Å². The van der Waals surface area contributed by atoms with Crippen LogP contribution in [0.15, 0.2) is 122 Å². The molecule has 0 saturated heterocycles. The Morgan fingerprint density at radius 1 is 0.312 bits per heavy atom. The van der Waals surface area contributed by atoms with Gasteiger partial charge in [-0.1, -0.05) is 264 Å². The summed E-state index contributed by atoms with van der Waals surface area (Å²) in [6, 6.07) is 0. The number of aliphatic hydroxyl groups excluding tert-OH is 2. The van der Waals surface area contributed by atoms with Gasteiger partial charge in [-0.3, -0.25) is 32.5 Å². The monoisotopic (exact) mass is 1350 g/mol. The molecule has 0 aromatic rings. The second-order valence-electron chi connectivity index (χ2n) is 23.7. The summed E-state index contributed by atoms with van der Waals surface area (Å²) in [4.78, 5) is 58.4. The van der Waals surface area contributed by atoms with Crippen molar-refractivity contribution in [2.24, 2.45) is 0 Å². The highest BCUT2D eigenvalue weighted by Crippen LogP contribution is 2.45. The van der Waals surface area contributed by atoms with Gasteiger partial charge in [0, 0.05) is 19.3 Å². The summed E-state index contributed by atoms with van der Waals surface area (Å²) < 4.78 is 60.9. The van der Waals surface area contributed by atoms with Gasteiger partial charge >= 0.3 is 33.6 Å². The van der Waals surface area contributed by atoms with Crippen molar-refractivity contribution < 1.29 is 75.8 Å². The van der Waals surface area contributed by atoms with E-state index in [9.17, 15) is 43.5 Å². The van der Waals surface area contributed by atoms with Gasteiger partial charge in [0.2, 0.25) is 0 Å². The Balaban J connectivity index is 4.60. The number of aliphatic hydroxyl groups is 2. The van der Waals surface area contributed by atoms with Gasteiger partial charge < -0.3 is 34.2 Å². The van der Waals surface area contributed by atoms with Gasteiger partial charge in [0.25, 0.3) is 0 Å². The Hall–Kier alpha value is -4.05. The van der Waals surface area contributed by atoms with Crippen LogP contribution in [0.25, 0.3) is 0 Å². The van der Waals surface area contributed by atoms with Gasteiger partial charge in [-0.25, -0.2) is 9.13 Å². The van der Waals surface area contributed by atoms with Crippen LogP contribution < -0.4 is 0 Å². The number of hydrogen-bond donors (Lipinski definition) is 4. The minimum Gasteiger partial charge on any atom is -0.463 e. The van der Waals surface area contributed by atoms with Crippen LogP contribution in [-0.4, -0.2) is 95.9 Å². The molecule has 93 heavy (non-hydrogen) atoms. The summed E-state index contributed by atoms with van der Waals surface area (Å²) in [5.74, 6) is -1.61.